The van der Waals surface area contributed by atoms with Crippen LogP contribution < -0.4 is 10.1 Å². The van der Waals surface area contributed by atoms with E-state index in [0.717, 1.165) is 30.8 Å². The molecule has 0 amide bonds. The van der Waals surface area contributed by atoms with E-state index in [-0.39, 0.29) is 0 Å². The van der Waals surface area contributed by atoms with Crippen LogP contribution in [0.25, 0.3) is 0 Å². The van der Waals surface area contributed by atoms with E-state index in [1.165, 1.54) is 5.56 Å². The fraction of sp³-hybridized carbons (Fsp3) is 0.294. The predicted octanol–water partition coefficient (Wildman–Crippen LogP) is 5.59. The van der Waals surface area contributed by atoms with Gasteiger partial charge in [0.15, 0.2) is 0 Å². The Hall–Kier alpha value is -1.22. The fourth-order valence-corrected chi connectivity index (χ4v) is 2.34. The van der Waals surface area contributed by atoms with Crippen molar-refractivity contribution in [3.05, 3.63) is 57.6 Å². The number of nitrogens with one attached hydrogen (secondary N) is 1. The predicted molar refractivity (Wildman–Crippen MR) is 89.7 cm³/mol. The molecule has 0 saturated heterocycles. The number of ether oxygens (including phenoxy) is 1. The summed E-state index contributed by atoms with van der Waals surface area (Å²) in [7, 11) is 0. The van der Waals surface area contributed by atoms with Crippen LogP contribution in [0.4, 0.5) is 0 Å². The van der Waals surface area contributed by atoms with Crippen molar-refractivity contribution >= 4 is 23.2 Å². The Labute approximate surface area is 136 Å². The van der Waals surface area contributed by atoms with Crippen molar-refractivity contribution in [3.8, 4) is 11.5 Å². The second-order valence-corrected chi connectivity index (χ2v) is 5.80. The Kier molecular flexibility index (Phi) is 5.92. The molecule has 0 aliphatic carbocycles. The largest absolute Gasteiger partial charge is 0.455 e. The van der Waals surface area contributed by atoms with Crippen molar-refractivity contribution in [1.29, 1.82) is 0 Å². The molecular weight excluding hydrogens is 305 g/mol. The number of hydrogen-bond donors (Lipinski definition) is 1. The monoisotopic (exact) mass is 323 g/mol. The topological polar surface area (TPSA) is 21.3 Å². The first-order valence-electron chi connectivity index (χ1n) is 7.03. The van der Waals surface area contributed by atoms with E-state index in [0.29, 0.717) is 15.8 Å². The highest BCUT2D eigenvalue weighted by atomic mass is 35.5. The number of benzene rings is 2. The lowest BCUT2D eigenvalue weighted by molar-refractivity contribution is 0.479. The third-order valence-electron chi connectivity index (χ3n) is 3.11. The van der Waals surface area contributed by atoms with Crippen molar-refractivity contribution in [3.63, 3.8) is 0 Å². The number of halogens is 2. The zero-order valence-electron chi connectivity index (χ0n) is 12.2. The van der Waals surface area contributed by atoms with Gasteiger partial charge in [0, 0.05) is 17.6 Å². The van der Waals surface area contributed by atoms with E-state index in [1.54, 1.807) is 18.2 Å². The Bertz CT molecular complexity index is 614. The van der Waals surface area contributed by atoms with Crippen LogP contribution in [0.2, 0.25) is 10.0 Å². The average molecular weight is 324 g/mol. The highest BCUT2D eigenvalue weighted by molar-refractivity contribution is 6.34. The van der Waals surface area contributed by atoms with Gasteiger partial charge in [0.1, 0.15) is 11.5 Å². The van der Waals surface area contributed by atoms with Crippen LogP contribution in [0.15, 0.2) is 36.4 Å². The highest BCUT2D eigenvalue weighted by Crippen LogP contribution is 2.33. The van der Waals surface area contributed by atoms with Gasteiger partial charge in [-0.25, -0.2) is 0 Å². The molecule has 1 N–H and O–H groups in total. The van der Waals surface area contributed by atoms with E-state index < -0.39 is 0 Å². The molecule has 112 valence electrons. The summed E-state index contributed by atoms with van der Waals surface area (Å²) in [5.41, 5.74) is 2.31. The molecule has 2 rings (SSSR count). The smallest absolute Gasteiger partial charge is 0.147 e. The van der Waals surface area contributed by atoms with Gasteiger partial charge in [-0.05, 0) is 49.2 Å². The van der Waals surface area contributed by atoms with Crippen molar-refractivity contribution in [2.75, 3.05) is 6.54 Å². The summed E-state index contributed by atoms with van der Waals surface area (Å²) >= 11 is 12.1. The van der Waals surface area contributed by atoms with Crippen molar-refractivity contribution in [2.45, 2.75) is 26.8 Å². The van der Waals surface area contributed by atoms with Crippen LogP contribution in [0.3, 0.4) is 0 Å². The van der Waals surface area contributed by atoms with Gasteiger partial charge in [-0.2, -0.15) is 0 Å². The zero-order chi connectivity index (χ0) is 15.2. The molecule has 0 aliphatic rings. The van der Waals surface area contributed by atoms with Gasteiger partial charge >= 0.3 is 0 Å². The van der Waals surface area contributed by atoms with Crippen LogP contribution in [-0.4, -0.2) is 6.54 Å². The minimum Gasteiger partial charge on any atom is -0.455 e. The van der Waals surface area contributed by atoms with E-state index in [2.05, 4.69) is 24.4 Å². The third-order valence-corrected chi connectivity index (χ3v) is 3.66. The molecule has 2 aromatic carbocycles. The molecule has 0 heterocycles. The van der Waals surface area contributed by atoms with Crippen LogP contribution in [0, 0.1) is 6.92 Å². The maximum Gasteiger partial charge on any atom is 0.147 e. The molecule has 4 heteroatoms. The summed E-state index contributed by atoms with van der Waals surface area (Å²) in [6.45, 7) is 6.07. The summed E-state index contributed by atoms with van der Waals surface area (Å²) < 4.78 is 5.86. The Morgan fingerprint density at radius 2 is 1.86 bits per heavy atom. The van der Waals surface area contributed by atoms with Gasteiger partial charge < -0.3 is 10.1 Å². The zero-order valence-corrected chi connectivity index (χ0v) is 13.8. The summed E-state index contributed by atoms with van der Waals surface area (Å²) in [5, 5.41) is 4.54. The van der Waals surface area contributed by atoms with E-state index >= 15 is 0 Å². The molecule has 0 aliphatic heterocycles. The van der Waals surface area contributed by atoms with Gasteiger partial charge in [0.05, 0.1) is 5.02 Å². The molecule has 0 unspecified atom stereocenters. The van der Waals surface area contributed by atoms with Gasteiger partial charge in [0.2, 0.25) is 0 Å². The van der Waals surface area contributed by atoms with Gasteiger partial charge in [-0.1, -0.05) is 42.3 Å². The molecule has 0 fully saturated rings. The first-order valence-corrected chi connectivity index (χ1v) is 7.79. The number of aryl methyl sites for hydroxylation is 1. The maximum absolute atomic E-state index is 6.12. The molecule has 0 radical (unpaired) electrons. The Morgan fingerprint density at radius 1 is 1.05 bits per heavy atom. The molecule has 0 bridgehead atoms. The number of rotatable bonds is 6. The second-order valence-electron chi connectivity index (χ2n) is 4.95. The van der Waals surface area contributed by atoms with E-state index in [4.69, 9.17) is 27.9 Å². The van der Waals surface area contributed by atoms with Crippen LogP contribution in [-0.2, 0) is 6.54 Å². The molecule has 2 aromatic rings. The minimum absolute atomic E-state index is 0.549. The fourth-order valence-electron chi connectivity index (χ4n) is 2.02. The first kappa shape index (κ1) is 16.2. The van der Waals surface area contributed by atoms with Gasteiger partial charge in [-0.3, -0.25) is 0 Å². The van der Waals surface area contributed by atoms with Crippen LogP contribution >= 0.6 is 23.2 Å². The van der Waals surface area contributed by atoms with Crippen LogP contribution in [0.1, 0.15) is 24.5 Å². The van der Waals surface area contributed by atoms with Crippen molar-refractivity contribution in [2.24, 2.45) is 0 Å². The summed E-state index contributed by atoms with van der Waals surface area (Å²) in [5.74, 6) is 1.36. The molecule has 0 aromatic heterocycles. The lowest BCUT2D eigenvalue weighted by atomic mass is 10.1. The standard InChI is InChI=1S/C17H19Cl2NO/c1-3-8-20-11-13-4-7-16(12(2)9-13)21-17-10-14(18)5-6-15(17)19/h4-7,9-10,20H,3,8,11H2,1-2H3. The van der Waals surface area contributed by atoms with Crippen LogP contribution in [0.5, 0.6) is 11.5 Å². The van der Waals surface area contributed by atoms with E-state index in [9.17, 15) is 0 Å². The first-order chi connectivity index (χ1) is 10.1. The minimum atomic E-state index is 0.549. The molecule has 0 spiro atoms. The molecule has 2 nitrogen and oxygen atoms in total. The van der Waals surface area contributed by atoms with Gasteiger partial charge in [0.25, 0.3) is 0 Å². The van der Waals surface area contributed by atoms with Gasteiger partial charge in [-0.15, -0.1) is 0 Å². The van der Waals surface area contributed by atoms with Crippen molar-refractivity contribution in [1.82, 2.24) is 5.32 Å². The molecular formula is C17H19Cl2NO. The maximum atomic E-state index is 6.12. The lowest BCUT2D eigenvalue weighted by Gasteiger charge is -2.12. The van der Waals surface area contributed by atoms with Crippen molar-refractivity contribution < 1.29 is 4.74 Å². The van der Waals surface area contributed by atoms with E-state index in [1.807, 2.05) is 13.0 Å². The summed E-state index contributed by atoms with van der Waals surface area (Å²) in [6, 6.07) is 11.3. The quantitative estimate of drug-likeness (QED) is 0.699. The molecule has 21 heavy (non-hydrogen) atoms. The molecule has 0 saturated carbocycles. The normalized spacial score (nSPS) is 10.7. The number of hydrogen-bond acceptors (Lipinski definition) is 2. The lowest BCUT2D eigenvalue weighted by Crippen LogP contribution is -2.13. The second kappa shape index (κ2) is 7.69. The summed E-state index contributed by atoms with van der Waals surface area (Å²) in [4.78, 5) is 0. The average Bonchev–Trinajstić information content (AvgIpc) is 2.46. The Balaban J connectivity index is 2.12. The molecule has 0 atom stereocenters. The summed E-state index contributed by atoms with van der Waals surface area (Å²) in [6.07, 6.45) is 1.13. The SMILES string of the molecule is CCCNCc1ccc(Oc2cc(Cl)ccc2Cl)c(C)c1. The highest BCUT2D eigenvalue weighted by Gasteiger charge is 2.07. The third kappa shape index (κ3) is 4.63. The Morgan fingerprint density at radius 3 is 2.57 bits per heavy atom.